The first-order chi connectivity index (χ1) is 15.9. The van der Waals surface area contributed by atoms with E-state index in [1.54, 1.807) is 7.11 Å². The van der Waals surface area contributed by atoms with E-state index in [9.17, 15) is 9.59 Å². The standard InChI is InChI=1S/C26H28N4O3/c1-5-29-18(3)20(14-15-24(31)27-19-12-10-17(2)11-13-19)26(32)30-25(29)16-22(28-30)21-8-6-7-9-23(21)33-4/h6-13,16H,5,14-15H2,1-4H3,(H,27,31). The molecule has 1 amide bonds. The minimum absolute atomic E-state index is 0.129. The summed E-state index contributed by atoms with van der Waals surface area (Å²) in [6.45, 7) is 6.63. The van der Waals surface area contributed by atoms with Gasteiger partial charge < -0.3 is 14.6 Å². The number of carbonyl (C=O) groups is 1. The van der Waals surface area contributed by atoms with Gasteiger partial charge in [0, 0.05) is 41.5 Å². The summed E-state index contributed by atoms with van der Waals surface area (Å²) in [5.74, 6) is 0.567. The number of ether oxygens (including phenoxy) is 1. The van der Waals surface area contributed by atoms with Crippen LogP contribution in [0.15, 0.2) is 59.4 Å². The van der Waals surface area contributed by atoms with Crippen LogP contribution in [-0.2, 0) is 17.8 Å². The SMILES string of the molecule is CCn1c(C)c(CCC(=O)Nc2ccc(C)cc2)c(=O)n2nc(-c3ccccc3OC)cc12. The molecule has 0 saturated heterocycles. The van der Waals surface area contributed by atoms with Crippen molar-refractivity contribution in [2.24, 2.45) is 0 Å². The van der Waals surface area contributed by atoms with Crippen LogP contribution >= 0.6 is 0 Å². The van der Waals surface area contributed by atoms with Crippen molar-refractivity contribution in [3.8, 4) is 17.0 Å². The predicted octanol–water partition coefficient (Wildman–Crippen LogP) is 4.38. The third-order valence-corrected chi connectivity index (χ3v) is 5.90. The Hall–Kier alpha value is -3.87. The van der Waals surface area contributed by atoms with Crippen LogP contribution in [0.4, 0.5) is 5.69 Å². The number of methoxy groups -OCH3 is 1. The maximum Gasteiger partial charge on any atom is 0.277 e. The van der Waals surface area contributed by atoms with Crippen LogP contribution in [-0.4, -0.2) is 27.2 Å². The Morgan fingerprint density at radius 2 is 1.82 bits per heavy atom. The van der Waals surface area contributed by atoms with Crippen molar-refractivity contribution in [2.75, 3.05) is 12.4 Å². The summed E-state index contributed by atoms with van der Waals surface area (Å²) >= 11 is 0. The van der Waals surface area contributed by atoms with Crippen molar-refractivity contribution >= 4 is 17.2 Å². The second-order valence-corrected chi connectivity index (χ2v) is 8.03. The number of carbonyl (C=O) groups excluding carboxylic acids is 1. The highest BCUT2D eigenvalue weighted by Gasteiger charge is 2.18. The monoisotopic (exact) mass is 444 g/mol. The molecule has 0 aliphatic heterocycles. The van der Waals surface area contributed by atoms with E-state index >= 15 is 0 Å². The van der Waals surface area contributed by atoms with Crippen LogP contribution in [0.5, 0.6) is 5.75 Å². The fourth-order valence-corrected chi connectivity index (χ4v) is 4.10. The number of anilines is 1. The number of hydrogen-bond acceptors (Lipinski definition) is 4. The van der Waals surface area contributed by atoms with Gasteiger partial charge in [-0.15, -0.1) is 0 Å². The fourth-order valence-electron chi connectivity index (χ4n) is 4.10. The molecule has 7 nitrogen and oxygen atoms in total. The second kappa shape index (κ2) is 9.32. The number of rotatable bonds is 7. The summed E-state index contributed by atoms with van der Waals surface area (Å²) in [4.78, 5) is 25.9. The molecule has 2 aromatic carbocycles. The van der Waals surface area contributed by atoms with Crippen LogP contribution in [0.3, 0.4) is 0 Å². The number of aryl methyl sites for hydroxylation is 2. The van der Waals surface area contributed by atoms with Gasteiger partial charge in [-0.3, -0.25) is 9.59 Å². The molecular weight excluding hydrogens is 416 g/mol. The van der Waals surface area contributed by atoms with Crippen molar-refractivity contribution < 1.29 is 9.53 Å². The lowest BCUT2D eigenvalue weighted by molar-refractivity contribution is -0.116. The highest BCUT2D eigenvalue weighted by molar-refractivity contribution is 5.90. The van der Waals surface area contributed by atoms with E-state index in [1.807, 2.05) is 75.4 Å². The molecule has 0 unspecified atom stereocenters. The number of hydrogen-bond donors (Lipinski definition) is 1. The molecule has 0 aliphatic carbocycles. The van der Waals surface area contributed by atoms with E-state index in [2.05, 4.69) is 15.0 Å². The first-order valence-corrected chi connectivity index (χ1v) is 11.0. The molecule has 2 aromatic heterocycles. The normalized spacial score (nSPS) is 11.0. The van der Waals surface area contributed by atoms with Gasteiger partial charge in [0.15, 0.2) is 0 Å². The lowest BCUT2D eigenvalue weighted by atomic mass is 10.1. The minimum atomic E-state index is -0.198. The Bertz CT molecular complexity index is 1370. The van der Waals surface area contributed by atoms with Gasteiger partial charge in [0.25, 0.3) is 5.56 Å². The third kappa shape index (κ3) is 4.39. The molecule has 4 rings (SSSR count). The number of para-hydroxylation sites is 1. The average Bonchev–Trinajstić information content (AvgIpc) is 3.26. The molecule has 170 valence electrons. The van der Waals surface area contributed by atoms with Crippen molar-refractivity contribution in [2.45, 2.75) is 40.2 Å². The Morgan fingerprint density at radius 3 is 2.52 bits per heavy atom. The maximum atomic E-state index is 13.3. The van der Waals surface area contributed by atoms with Crippen LogP contribution in [0.2, 0.25) is 0 Å². The molecule has 0 spiro atoms. The summed E-state index contributed by atoms with van der Waals surface area (Å²) in [7, 11) is 1.61. The van der Waals surface area contributed by atoms with Gasteiger partial charge in [-0.05, 0) is 51.5 Å². The second-order valence-electron chi connectivity index (χ2n) is 8.03. The zero-order valence-corrected chi connectivity index (χ0v) is 19.4. The van der Waals surface area contributed by atoms with E-state index < -0.39 is 0 Å². The highest BCUT2D eigenvalue weighted by Crippen LogP contribution is 2.29. The molecule has 0 aliphatic rings. The molecule has 1 N–H and O–H groups in total. The number of nitrogens with one attached hydrogen (secondary N) is 1. The number of fused-ring (bicyclic) bond motifs is 1. The Labute approximate surface area is 192 Å². The summed E-state index contributed by atoms with van der Waals surface area (Å²) in [5, 5.41) is 7.51. The van der Waals surface area contributed by atoms with E-state index in [4.69, 9.17) is 4.74 Å². The molecule has 0 bridgehead atoms. The van der Waals surface area contributed by atoms with E-state index in [-0.39, 0.29) is 17.9 Å². The first-order valence-electron chi connectivity index (χ1n) is 11.0. The molecule has 2 heterocycles. The lowest BCUT2D eigenvalue weighted by Gasteiger charge is -2.14. The van der Waals surface area contributed by atoms with E-state index in [1.165, 1.54) is 4.52 Å². The van der Waals surface area contributed by atoms with Gasteiger partial charge in [-0.25, -0.2) is 0 Å². The summed E-state index contributed by atoms with van der Waals surface area (Å²) < 4.78 is 8.96. The predicted molar refractivity (Wildman–Crippen MR) is 130 cm³/mol. The van der Waals surface area contributed by atoms with Crippen molar-refractivity contribution in [1.82, 2.24) is 14.2 Å². The van der Waals surface area contributed by atoms with Crippen molar-refractivity contribution in [1.29, 1.82) is 0 Å². The largest absolute Gasteiger partial charge is 0.496 e. The molecule has 0 atom stereocenters. The Morgan fingerprint density at radius 1 is 1.09 bits per heavy atom. The number of benzene rings is 2. The quantitative estimate of drug-likeness (QED) is 0.459. The van der Waals surface area contributed by atoms with Gasteiger partial charge in [-0.2, -0.15) is 9.61 Å². The summed E-state index contributed by atoms with van der Waals surface area (Å²) in [6.07, 6.45) is 0.544. The minimum Gasteiger partial charge on any atom is -0.496 e. The van der Waals surface area contributed by atoms with Crippen LogP contribution in [0.25, 0.3) is 16.9 Å². The number of aromatic nitrogens is 3. The number of nitrogens with zero attached hydrogens (tertiary/aromatic N) is 3. The summed E-state index contributed by atoms with van der Waals surface area (Å²) in [6, 6.07) is 17.2. The summed E-state index contributed by atoms with van der Waals surface area (Å²) in [5.41, 5.74) is 5.33. The van der Waals surface area contributed by atoms with Gasteiger partial charge in [0.05, 0.1) is 12.8 Å². The van der Waals surface area contributed by atoms with Gasteiger partial charge >= 0.3 is 0 Å². The van der Waals surface area contributed by atoms with Crippen LogP contribution in [0.1, 0.15) is 30.2 Å². The average molecular weight is 445 g/mol. The molecule has 0 radical (unpaired) electrons. The Balaban J connectivity index is 1.67. The highest BCUT2D eigenvalue weighted by atomic mass is 16.5. The maximum absolute atomic E-state index is 13.3. The molecule has 0 fully saturated rings. The van der Waals surface area contributed by atoms with Crippen molar-refractivity contribution in [3.63, 3.8) is 0 Å². The van der Waals surface area contributed by atoms with Crippen LogP contribution in [0, 0.1) is 13.8 Å². The van der Waals surface area contributed by atoms with Crippen LogP contribution < -0.4 is 15.6 Å². The molecule has 7 heteroatoms. The first kappa shape index (κ1) is 22.3. The van der Waals surface area contributed by atoms with E-state index in [0.717, 1.165) is 22.5 Å². The Kier molecular flexibility index (Phi) is 6.31. The van der Waals surface area contributed by atoms with Crippen molar-refractivity contribution in [3.05, 3.63) is 81.8 Å². The van der Waals surface area contributed by atoms with E-state index in [0.29, 0.717) is 35.6 Å². The number of amides is 1. The zero-order valence-electron chi connectivity index (χ0n) is 19.4. The molecular formula is C26H28N4O3. The van der Waals surface area contributed by atoms with Gasteiger partial charge in [0.2, 0.25) is 5.91 Å². The van der Waals surface area contributed by atoms with Gasteiger partial charge in [-0.1, -0.05) is 29.8 Å². The smallest absolute Gasteiger partial charge is 0.277 e. The third-order valence-electron chi connectivity index (χ3n) is 5.90. The molecule has 4 aromatic rings. The molecule has 0 saturated carbocycles. The topological polar surface area (TPSA) is 77.6 Å². The molecule has 33 heavy (non-hydrogen) atoms. The lowest BCUT2D eigenvalue weighted by Crippen LogP contribution is -2.26. The fraction of sp³-hybridized carbons (Fsp3) is 0.269. The zero-order chi connectivity index (χ0) is 23.5. The van der Waals surface area contributed by atoms with Gasteiger partial charge in [0.1, 0.15) is 11.4 Å².